The summed E-state index contributed by atoms with van der Waals surface area (Å²) in [6.07, 6.45) is 1.96. The van der Waals surface area contributed by atoms with Crippen molar-refractivity contribution in [3.63, 3.8) is 0 Å². The van der Waals surface area contributed by atoms with Crippen LogP contribution in [0.1, 0.15) is 18.9 Å². The summed E-state index contributed by atoms with van der Waals surface area (Å²) in [4.78, 5) is 2.36. The molecule has 2 heteroatoms. The van der Waals surface area contributed by atoms with Gasteiger partial charge < -0.3 is 5.11 Å². The highest BCUT2D eigenvalue weighted by Gasteiger charge is 2.07. The maximum Gasteiger partial charge on any atom is 0.119 e. The van der Waals surface area contributed by atoms with E-state index in [1.54, 1.807) is 17.8 Å². The van der Waals surface area contributed by atoms with Crippen molar-refractivity contribution in [2.24, 2.45) is 0 Å². The van der Waals surface area contributed by atoms with Crippen molar-refractivity contribution in [3.8, 4) is 5.75 Å². The molecule has 0 unspecified atom stereocenters. The lowest BCUT2D eigenvalue weighted by Crippen LogP contribution is -1.88. The third-order valence-corrected chi connectivity index (χ3v) is 3.69. The summed E-state index contributed by atoms with van der Waals surface area (Å²) in [7, 11) is 0. The van der Waals surface area contributed by atoms with E-state index >= 15 is 0 Å². The average molecular weight is 244 g/mol. The molecule has 0 bridgehead atoms. The van der Waals surface area contributed by atoms with Gasteiger partial charge in [0.2, 0.25) is 0 Å². The Hall–Kier alpha value is -1.41. The normalized spacial score (nSPS) is 10.4. The van der Waals surface area contributed by atoms with Gasteiger partial charge in [0.15, 0.2) is 0 Å². The summed E-state index contributed by atoms with van der Waals surface area (Å²) in [5.74, 6) is 0.410. The van der Waals surface area contributed by atoms with Crippen LogP contribution in [0, 0.1) is 0 Å². The first-order valence-electron chi connectivity index (χ1n) is 5.85. The molecule has 88 valence electrons. The van der Waals surface area contributed by atoms with E-state index in [1.165, 1.54) is 4.90 Å². The molecule has 0 aliphatic heterocycles. The first kappa shape index (κ1) is 12.1. The molecule has 0 atom stereocenters. The third-order valence-electron chi connectivity index (χ3n) is 2.58. The molecule has 0 fully saturated rings. The van der Waals surface area contributed by atoms with Crippen molar-refractivity contribution >= 4 is 11.8 Å². The van der Waals surface area contributed by atoms with Gasteiger partial charge in [-0.05, 0) is 30.7 Å². The summed E-state index contributed by atoms with van der Waals surface area (Å²) < 4.78 is 0. The van der Waals surface area contributed by atoms with Crippen LogP contribution in [0.2, 0.25) is 0 Å². The molecular weight excluding hydrogens is 228 g/mol. The van der Waals surface area contributed by atoms with Gasteiger partial charge >= 0.3 is 0 Å². The molecule has 1 N–H and O–H groups in total. The zero-order valence-electron chi connectivity index (χ0n) is 9.89. The topological polar surface area (TPSA) is 20.2 Å². The summed E-state index contributed by atoms with van der Waals surface area (Å²) in [6, 6.07) is 16.0. The van der Waals surface area contributed by atoms with Gasteiger partial charge in [-0.1, -0.05) is 49.4 Å². The van der Waals surface area contributed by atoms with Crippen LogP contribution in [0.25, 0.3) is 0 Å². The molecular formula is C15H16OS. The maximum atomic E-state index is 9.89. The highest BCUT2D eigenvalue weighted by molar-refractivity contribution is 7.99. The highest BCUT2D eigenvalue weighted by Crippen LogP contribution is 2.34. The highest BCUT2D eigenvalue weighted by atomic mass is 32.2. The maximum absolute atomic E-state index is 9.89. The van der Waals surface area contributed by atoms with Gasteiger partial charge in [0, 0.05) is 15.4 Å². The van der Waals surface area contributed by atoms with Crippen molar-refractivity contribution in [1.29, 1.82) is 0 Å². The Bertz CT molecular complexity index is 480. The molecule has 2 rings (SSSR count). The first-order valence-corrected chi connectivity index (χ1v) is 6.66. The van der Waals surface area contributed by atoms with Gasteiger partial charge in [0.05, 0.1) is 0 Å². The van der Waals surface area contributed by atoms with Crippen molar-refractivity contribution in [2.75, 3.05) is 0 Å². The molecule has 2 aromatic carbocycles. The lowest BCUT2D eigenvalue weighted by Gasteiger charge is -2.10. The van der Waals surface area contributed by atoms with Gasteiger partial charge in [-0.3, -0.25) is 0 Å². The summed E-state index contributed by atoms with van der Waals surface area (Å²) >= 11 is 1.71. The molecule has 1 nitrogen and oxygen atoms in total. The van der Waals surface area contributed by atoms with Gasteiger partial charge in [0.1, 0.15) is 5.75 Å². The number of rotatable bonds is 4. The Labute approximate surface area is 107 Å². The quantitative estimate of drug-likeness (QED) is 0.854. The predicted octanol–water partition coefficient (Wildman–Crippen LogP) is 4.50. The monoisotopic (exact) mass is 244 g/mol. The molecule has 0 aromatic heterocycles. The van der Waals surface area contributed by atoms with Crippen LogP contribution in [-0.4, -0.2) is 5.11 Å². The molecule has 0 saturated carbocycles. The Morgan fingerprint density at radius 2 is 1.76 bits per heavy atom. The lowest BCUT2D eigenvalue weighted by molar-refractivity contribution is 0.465. The number of aromatic hydroxyl groups is 1. The smallest absolute Gasteiger partial charge is 0.119 e. The van der Waals surface area contributed by atoms with Crippen LogP contribution < -0.4 is 0 Å². The molecule has 0 radical (unpaired) electrons. The van der Waals surface area contributed by atoms with E-state index < -0.39 is 0 Å². The van der Waals surface area contributed by atoms with Gasteiger partial charge in [0.25, 0.3) is 0 Å². The van der Waals surface area contributed by atoms with Gasteiger partial charge in [-0.25, -0.2) is 0 Å². The third kappa shape index (κ3) is 3.04. The Morgan fingerprint density at radius 1 is 1.00 bits per heavy atom. The fraction of sp³-hybridized carbons (Fsp3) is 0.200. The van der Waals surface area contributed by atoms with Crippen molar-refractivity contribution in [3.05, 3.63) is 54.1 Å². The molecule has 0 aliphatic rings. The van der Waals surface area contributed by atoms with Crippen LogP contribution in [0.4, 0.5) is 0 Å². The summed E-state index contributed by atoms with van der Waals surface area (Å²) in [5, 5.41) is 9.89. The average Bonchev–Trinajstić information content (AvgIpc) is 2.35. The van der Waals surface area contributed by atoms with Crippen LogP contribution in [0.5, 0.6) is 5.75 Å². The van der Waals surface area contributed by atoms with Crippen LogP contribution >= 0.6 is 11.8 Å². The molecule has 17 heavy (non-hydrogen) atoms. The Balaban J connectivity index is 2.29. The second kappa shape index (κ2) is 5.78. The fourth-order valence-corrected chi connectivity index (χ4v) is 2.79. The Kier molecular flexibility index (Phi) is 4.10. The number of benzene rings is 2. The van der Waals surface area contributed by atoms with E-state index in [9.17, 15) is 5.11 Å². The molecule has 0 saturated heterocycles. The standard InChI is InChI=1S/C15H16OS/c1-2-7-13-14(16)10-6-11-15(13)17-12-8-4-3-5-9-12/h3-6,8-11,16H,2,7H2,1H3. The minimum absolute atomic E-state index is 0.410. The van der Waals surface area contributed by atoms with Crippen LogP contribution in [-0.2, 0) is 6.42 Å². The van der Waals surface area contributed by atoms with Crippen LogP contribution in [0.3, 0.4) is 0 Å². The minimum atomic E-state index is 0.410. The van der Waals surface area contributed by atoms with E-state index in [0.29, 0.717) is 5.75 Å². The largest absolute Gasteiger partial charge is 0.508 e. The van der Waals surface area contributed by atoms with E-state index in [2.05, 4.69) is 25.1 Å². The first-order chi connectivity index (χ1) is 8.31. The van der Waals surface area contributed by atoms with E-state index in [0.717, 1.165) is 23.3 Å². The molecule has 2 aromatic rings. The molecule has 0 spiro atoms. The summed E-state index contributed by atoms with van der Waals surface area (Å²) in [6.45, 7) is 2.13. The van der Waals surface area contributed by atoms with Crippen LogP contribution in [0.15, 0.2) is 58.3 Å². The molecule has 0 amide bonds. The zero-order valence-corrected chi connectivity index (χ0v) is 10.7. The van der Waals surface area contributed by atoms with E-state index in [4.69, 9.17) is 0 Å². The van der Waals surface area contributed by atoms with Gasteiger partial charge in [-0.15, -0.1) is 0 Å². The number of hydrogen-bond donors (Lipinski definition) is 1. The van der Waals surface area contributed by atoms with E-state index in [-0.39, 0.29) is 0 Å². The summed E-state index contributed by atoms with van der Waals surface area (Å²) in [5.41, 5.74) is 1.06. The molecule has 0 aliphatic carbocycles. The Morgan fingerprint density at radius 3 is 2.47 bits per heavy atom. The van der Waals surface area contributed by atoms with E-state index in [1.807, 2.05) is 24.3 Å². The second-order valence-corrected chi connectivity index (χ2v) is 5.03. The van der Waals surface area contributed by atoms with Gasteiger partial charge in [-0.2, -0.15) is 0 Å². The zero-order chi connectivity index (χ0) is 12.1. The number of phenols is 1. The fourth-order valence-electron chi connectivity index (χ4n) is 1.77. The number of hydrogen-bond acceptors (Lipinski definition) is 2. The van der Waals surface area contributed by atoms with Crippen molar-refractivity contribution in [1.82, 2.24) is 0 Å². The second-order valence-electron chi connectivity index (χ2n) is 3.92. The van der Waals surface area contributed by atoms with Crippen molar-refractivity contribution in [2.45, 2.75) is 29.6 Å². The molecule has 0 heterocycles. The SMILES string of the molecule is CCCc1c(O)cccc1Sc1ccccc1. The minimum Gasteiger partial charge on any atom is -0.508 e. The predicted molar refractivity (Wildman–Crippen MR) is 72.7 cm³/mol. The lowest BCUT2D eigenvalue weighted by atomic mass is 10.1. The van der Waals surface area contributed by atoms with Crippen molar-refractivity contribution < 1.29 is 5.11 Å². The number of phenolic OH excluding ortho intramolecular Hbond substituents is 1.